The minimum absolute atomic E-state index is 0. The lowest BCUT2D eigenvalue weighted by atomic mass is 10.1. The SMILES string of the molecule is CCSC1CCCC1NC(=O)C(N)Cc1ccccc1.Cl. The number of thioether (sulfide) groups is 1. The molecule has 1 fully saturated rings. The van der Waals surface area contributed by atoms with Crippen molar-refractivity contribution in [1.29, 1.82) is 0 Å². The summed E-state index contributed by atoms with van der Waals surface area (Å²) in [5, 5.41) is 3.71. The highest BCUT2D eigenvalue weighted by molar-refractivity contribution is 7.99. The molecule has 1 aliphatic rings. The molecule has 1 amide bonds. The molecular weight excluding hydrogens is 304 g/mol. The Kier molecular flexibility index (Phi) is 8.15. The number of benzene rings is 1. The standard InChI is InChI=1S/C16H24N2OS.ClH/c1-2-20-15-10-6-9-14(15)18-16(19)13(17)11-12-7-4-3-5-8-12;/h3-5,7-8,13-15H,2,6,9-11,17H2,1H3,(H,18,19);1H. The summed E-state index contributed by atoms with van der Waals surface area (Å²) in [5.41, 5.74) is 7.14. The van der Waals surface area contributed by atoms with Crippen LogP contribution in [0.2, 0.25) is 0 Å². The van der Waals surface area contributed by atoms with E-state index >= 15 is 0 Å². The van der Waals surface area contributed by atoms with Crippen LogP contribution in [-0.2, 0) is 11.2 Å². The number of hydrogen-bond donors (Lipinski definition) is 2. The lowest BCUT2D eigenvalue weighted by molar-refractivity contribution is -0.123. The van der Waals surface area contributed by atoms with Crippen molar-refractivity contribution >= 4 is 30.1 Å². The molecule has 118 valence electrons. The van der Waals surface area contributed by atoms with Crippen LogP contribution in [0, 0.1) is 0 Å². The topological polar surface area (TPSA) is 55.1 Å². The fourth-order valence-electron chi connectivity index (χ4n) is 2.76. The number of hydrogen-bond acceptors (Lipinski definition) is 3. The molecule has 3 atom stereocenters. The van der Waals surface area contributed by atoms with E-state index in [4.69, 9.17) is 5.73 Å². The number of carbonyl (C=O) groups excluding carboxylic acids is 1. The van der Waals surface area contributed by atoms with Crippen molar-refractivity contribution in [2.45, 2.75) is 49.9 Å². The molecule has 0 heterocycles. The molecule has 0 spiro atoms. The second kappa shape index (κ2) is 9.34. The van der Waals surface area contributed by atoms with E-state index in [0.717, 1.165) is 17.7 Å². The number of amides is 1. The van der Waals surface area contributed by atoms with Gasteiger partial charge in [0.25, 0.3) is 0 Å². The van der Waals surface area contributed by atoms with Crippen molar-refractivity contribution in [2.24, 2.45) is 5.73 Å². The van der Waals surface area contributed by atoms with Gasteiger partial charge in [-0.3, -0.25) is 4.79 Å². The first-order valence-electron chi connectivity index (χ1n) is 7.42. The van der Waals surface area contributed by atoms with Crippen LogP contribution in [0.5, 0.6) is 0 Å². The summed E-state index contributed by atoms with van der Waals surface area (Å²) in [4.78, 5) is 12.2. The molecule has 0 bridgehead atoms. The Hall–Kier alpha value is -0.710. The minimum atomic E-state index is -0.453. The van der Waals surface area contributed by atoms with Crippen LogP contribution in [0.15, 0.2) is 30.3 Å². The third-order valence-corrected chi connectivity index (χ3v) is 5.12. The predicted octanol–water partition coefficient (Wildman–Crippen LogP) is 2.77. The van der Waals surface area contributed by atoms with Gasteiger partial charge < -0.3 is 11.1 Å². The fourth-order valence-corrected chi connectivity index (χ4v) is 3.95. The largest absolute Gasteiger partial charge is 0.351 e. The maximum Gasteiger partial charge on any atom is 0.237 e. The minimum Gasteiger partial charge on any atom is -0.351 e. The van der Waals surface area contributed by atoms with E-state index in [9.17, 15) is 4.79 Å². The van der Waals surface area contributed by atoms with Crippen molar-refractivity contribution in [3.63, 3.8) is 0 Å². The molecule has 0 saturated heterocycles. The van der Waals surface area contributed by atoms with Crippen molar-refractivity contribution in [3.8, 4) is 0 Å². The zero-order chi connectivity index (χ0) is 14.4. The van der Waals surface area contributed by atoms with Crippen molar-refractivity contribution < 1.29 is 4.79 Å². The molecule has 0 aromatic heterocycles. The number of nitrogens with one attached hydrogen (secondary N) is 1. The summed E-state index contributed by atoms with van der Waals surface area (Å²) in [5.74, 6) is 1.09. The lowest BCUT2D eigenvalue weighted by Gasteiger charge is -2.22. The first-order chi connectivity index (χ1) is 9.70. The highest BCUT2D eigenvalue weighted by Crippen LogP contribution is 2.29. The van der Waals surface area contributed by atoms with Gasteiger partial charge in [0.1, 0.15) is 0 Å². The molecule has 2 rings (SSSR count). The summed E-state index contributed by atoms with van der Waals surface area (Å²) < 4.78 is 0. The molecule has 0 aliphatic heterocycles. The van der Waals surface area contributed by atoms with E-state index < -0.39 is 6.04 Å². The molecule has 3 unspecified atom stereocenters. The van der Waals surface area contributed by atoms with Crippen LogP contribution in [0.1, 0.15) is 31.7 Å². The number of nitrogens with two attached hydrogens (primary N) is 1. The Morgan fingerprint density at radius 3 is 2.76 bits per heavy atom. The van der Waals surface area contributed by atoms with Gasteiger partial charge in [0.2, 0.25) is 5.91 Å². The van der Waals surface area contributed by atoms with E-state index in [1.165, 1.54) is 12.8 Å². The van der Waals surface area contributed by atoms with E-state index in [-0.39, 0.29) is 18.3 Å². The summed E-state index contributed by atoms with van der Waals surface area (Å²) in [6.45, 7) is 2.17. The molecular formula is C16H25ClN2OS. The van der Waals surface area contributed by atoms with Gasteiger partial charge in [0.15, 0.2) is 0 Å². The second-order valence-electron chi connectivity index (χ2n) is 5.34. The third-order valence-electron chi connectivity index (χ3n) is 3.80. The first kappa shape index (κ1) is 18.3. The molecule has 1 aliphatic carbocycles. The monoisotopic (exact) mass is 328 g/mol. The number of carbonyl (C=O) groups is 1. The number of halogens is 1. The zero-order valence-corrected chi connectivity index (χ0v) is 14.1. The Morgan fingerprint density at radius 1 is 1.38 bits per heavy atom. The molecule has 1 aromatic carbocycles. The highest BCUT2D eigenvalue weighted by Gasteiger charge is 2.29. The second-order valence-corrected chi connectivity index (χ2v) is 6.85. The molecule has 1 aromatic rings. The maximum atomic E-state index is 12.2. The summed E-state index contributed by atoms with van der Waals surface area (Å²) in [7, 11) is 0. The molecule has 0 radical (unpaired) electrons. The van der Waals surface area contributed by atoms with Crippen molar-refractivity contribution in [1.82, 2.24) is 5.32 Å². The summed E-state index contributed by atoms with van der Waals surface area (Å²) >= 11 is 1.95. The smallest absolute Gasteiger partial charge is 0.237 e. The summed E-state index contributed by atoms with van der Waals surface area (Å²) in [6.07, 6.45) is 4.10. The van der Waals surface area contributed by atoms with Crippen LogP contribution in [0.3, 0.4) is 0 Å². The van der Waals surface area contributed by atoms with Gasteiger partial charge in [-0.05, 0) is 30.6 Å². The first-order valence-corrected chi connectivity index (χ1v) is 8.47. The molecule has 3 nitrogen and oxygen atoms in total. The fraction of sp³-hybridized carbons (Fsp3) is 0.562. The average molecular weight is 329 g/mol. The molecule has 3 N–H and O–H groups in total. The van der Waals surface area contributed by atoms with Crippen molar-refractivity contribution in [3.05, 3.63) is 35.9 Å². The van der Waals surface area contributed by atoms with Crippen LogP contribution < -0.4 is 11.1 Å². The van der Waals surface area contributed by atoms with Gasteiger partial charge >= 0.3 is 0 Å². The van der Waals surface area contributed by atoms with Crippen LogP contribution in [0.4, 0.5) is 0 Å². The molecule has 1 saturated carbocycles. The third kappa shape index (κ3) is 5.53. The van der Waals surface area contributed by atoms with Gasteiger partial charge in [-0.1, -0.05) is 43.7 Å². The molecule has 21 heavy (non-hydrogen) atoms. The Morgan fingerprint density at radius 2 is 2.10 bits per heavy atom. The van der Waals surface area contributed by atoms with Crippen LogP contribution in [0.25, 0.3) is 0 Å². The number of rotatable bonds is 6. The van der Waals surface area contributed by atoms with E-state index in [1.54, 1.807) is 0 Å². The van der Waals surface area contributed by atoms with Gasteiger partial charge in [0.05, 0.1) is 6.04 Å². The van der Waals surface area contributed by atoms with Crippen LogP contribution >= 0.6 is 24.2 Å². The molecule has 5 heteroatoms. The lowest BCUT2D eigenvalue weighted by Crippen LogP contribution is -2.48. The van der Waals surface area contributed by atoms with E-state index in [2.05, 4.69) is 12.2 Å². The van der Waals surface area contributed by atoms with Gasteiger partial charge in [-0.15, -0.1) is 12.4 Å². The average Bonchev–Trinajstić information content (AvgIpc) is 2.87. The highest BCUT2D eigenvalue weighted by atomic mass is 35.5. The zero-order valence-electron chi connectivity index (χ0n) is 12.5. The van der Waals surface area contributed by atoms with Gasteiger partial charge in [-0.2, -0.15) is 11.8 Å². The quantitative estimate of drug-likeness (QED) is 0.844. The summed E-state index contributed by atoms with van der Waals surface area (Å²) in [6, 6.07) is 9.80. The Labute approximate surface area is 137 Å². The normalized spacial score (nSPS) is 22.4. The van der Waals surface area contributed by atoms with Crippen LogP contribution in [-0.4, -0.2) is 29.0 Å². The van der Waals surface area contributed by atoms with E-state index in [1.807, 2.05) is 42.1 Å². The Balaban J connectivity index is 0.00000220. The Bertz CT molecular complexity index is 430. The van der Waals surface area contributed by atoms with E-state index in [0.29, 0.717) is 17.7 Å². The predicted molar refractivity (Wildman–Crippen MR) is 93.1 cm³/mol. The maximum absolute atomic E-state index is 12.2. The van der Waals surface area contributed by atoms with Gasteiger partial charge in [-0.25, -0.2) is 0 Å². The van der Waals surface area contributed by atoms with Gasteiger partial charge in [0, 0.05) is 11.3 Å². The van der Waals surface area contributed by atoms with Crippen molar-refractivity contribution in [2.75, 3.05) is 5.75 Å².